The molecule has 4 aromatic rings. The molecule has 1 aliphatic rings. The molecule has 1 aliphatic heterocycles. The molecule has 0 bridgehead atoms. The van der Waals surface area contributed by atoms with Crippen LogP contribution in [0.2, 0.25) is 0 Å². The molecule has 0 radical (unpaired) electrons. The molecule has 2 aromatic carbocycles. The SMILES string of the molecule is CC(C)(C)OC(=O)N1CCOC(C(=O)Nc2cc(Oc3ccc(NC(=O)c4nn(C(=O)OC(C)(C)C)c5ccc(C(F)(F)F)cc45)c(F)c3)ccn2)C1. The predicted molar refractivity (Wildman–Crippen MR) is 181 cm³/mol. The van der Waals surface area contributed by atoms with Crippen LogP contribution in [-0.2, 0) is 25.2 Å². The normalized spacial score (nSPS) is 15.1. The number of aromatic nitrogens is 3. The number of alkyl halides is 3. The lowest BCUT2D eigenvalue weighted by Gasteiger charge is -2.33. The number of anilines is 2. The fraction of sp³-hybridized carbons (Fsp3) is 0.371. The second-order valence-electron chi connectivity index (χ2n) is 13.8. The number of halogens is 4. The number of morpholine rings is 1. The van der Waals surface area contributed by atoms with Gasteiger partial charge in [-0.25, -0.2) is 19.0 Å². The van der Waals surface area contributed by atoms with Gasteiger partial charge in [-0.3, -0.25) is 9.59 Å². The zero-order valence-electron chi connectivity index (χ0n) is 29.5. The number of carbonyl (C=O) groups is 4. The van der Waals surface area contributed by atoms with Gasteiger partial charge in [-0.2, -0.15) is 23.0 Å². The molecule has 1 atom stereocenters. The maximum absolute atomic E-state index is 15.3. The van der Waals surface area contributed by atoms with Crippen LogP contribution in [0.25, 0.3) is 10.9 Å². The number of nitrogens with one attached hydrogen (secondary N) is 2. The molecule has 5 rings (SSSR count). The summed E-state index contributed by atoms with van der Waals surface area (Å²) in [6.45, 7) is 10.2. The van der Waals surface area contributed by atoms with Crippen molar-refractivity contribution in [3.8, 4) is 11.5 Å². The molecule has 0 aliphatic carbocycles. The predicted octanol–water partition coefficient (Wildman–Crippen LogP) is 6.99. The molecule has 2 aromatic heterocycles. The molecule has 1 fully saturated rings. The Labute approximate surface area is 300 Å². The summed E-state index contributed by atoms with van der Waals surface area (Å²) in [5.74, 6) is -2.47. The Balaban J connectivity index is 1.28. The van der Waals surface area contributed by atoms with Gasteiger partial charge in [0.05, 0.1) is 29.9 Å². The molecule has 53 heavy (non-hydrogen) atoms. The van der Waals surface area contributed by atoms with Gasteiger partial charge in [0.15, 0.2) is 11.8 Å². The van der Waals surface area contributed by atoms with Crippen LogP contribution in [-0.4, -0.2) is 80.7 Å². The highest BCUT2D eigenvalue weighted by molar-refractivity contribution is 6.12. The van der Waals surface area contributed by atoms with Crippen molar-refractivity contribution >= 4 is 46.4 Å². The zero-order chi connectivity index (χ0) is 38.9. The molecule has 0 saturated carbocycles. The van der Waals surface area contributed by atoms with Crippen LogP contribution < -0.4 is 15.4 Å². The monoisotopic (exact) mass is 744 g/mol. The Hall–Kier alpha value is -5.78. The number of rotatable bonds is 6. The lowest BCUT2D eigenvalue weighted by molar-refractivity contribution is -0.137. The van der Waals surface area contributed by atoms with E-state index in [0.29, 0.717) is 10.7 Å². The summed E-state index contributed by atoms with van der Waals surface area (Å²) < 4.78 is 78.5. The topological polar surface area (TPSA) is 163 Å². The van der Waals surface area contributed by atoms with Crippen molar-refractivity contribution in [2.45, 2.75) is 65.0 Å². The van der Waals surface area contributed by atoms with Crippen molar-refractivity contribution < 1.29 is 55.7 Å². The maximum Gasteiger partial charge on any atom is 0.435 e. The summed E-state index contributed by atoms with van der Waals surface area (Å²) in [7, 11) is 0. The highest BCUT2D eigenvalue weighted by Gasteiger charge is 2.34. The fourth-order valence-corrected chi connectivity index (χ4v) is 4.93. The Morgan fingerprint density at radius 1 is 0.868 bits per heavy atom. The Bertz CT molecular complexity index is 2050. The fourth-order valence-electron chi connectivity index (χ4n) is 4.93. The number of carbonyl (C=O) groups excluding carboxylic acids is 4. The number of fused-ring (bicyclic) bond motifs is 1. The van der Waals surface area contributed by atoms with Gasteiger partial charge in [-0.1, -0.05) is 0 Å². The molecular formula is C35H36F4N6O8. The number of benzene rings is 2. The minimum atomic E-state index is -4.77. The standard InChI is InChI=1S/C35H36F4N6O8/c1-33(2,3)52-31(48)44-13-14-50-26(18-44)29(46)42-27-17-21(11-12-40-27)51-20-8-9-24(23(36)16-20)41-30(47)28-22-15-19(35(37,38)39)7-10-25(22)45(43-28)32(49)53-34(4,5)6/h7-12,15-17,26H,13-14,18H2,1-6H3,(H,41,47)(H,40,42,46). The third-order valence-corrected chi connectivity index (χ3v) is 7.21. The number of nitrogens with zero attached hydrogens (tertiary/aromatic N) is 4. The first kappa shape index (κ1) is 38.5. The lowest BCUT2D eigenvalue weighted by atomic mass is 10.1. The third kappa shape index (κ3) is 9.76. The summed E-state index contributed by atoms with van der Waals surface area (Å²) >= 11 is 0. The first-order valence-corrected chi connectivity index (χ1v) is 16.2. The van der Waals surface area contributed by atoms with Crippen molar-refractivity contribution in [1.82, 2.24) is 19.7 Å². The van der Waals surface area contributed by atoms with Gasteiger partial charge in [0.1, 0.15) is 34.3 Å². The largest absolute Gasteiger partial charge is 0.457 e. The van der Waals surface area contributed by atoms with Gasteiger partial charge in [0, 0.05) is 30.3 Å². The first-order chi connectivity index (χ1) is 24.7. The Kier molecular flexibility index (Phi) is 10.7. The Morgan fingerprint density at radius 2 is 1.55 bits per heavy atom. The molecule has 18 heteroatoms. The second kappa shape index (κ2) is 14.7. The van der Waals surface area contributed by atoms with Crippen LogP contribution in [0.3, 0.4) is 0 Å². The minimum Gasteiger partial charge on any atom is -0.457 e. The van der Waals surface area contributed by atoms with Crippen LogP contribution in [0.5, 0.6) is 11.5 Å². The van der Waals surface area contributed by atoms with Gasteiger partial charge in [0.2, 0.25) is 0 Å². The van der Waals surface area contributed by atoms with Crippen LogP contribution in [0.4, 0.5) is 38.7 Å². The first-order valence-electron chi connectivity index (χ1n) is 16.2. The van der Waals surface area contributed by atoms with E-state index in [4.69, 9.17) is 18.9 Å². The van der Waals surface area contributed by atoms with Gasteiger partial charge in [0.25, 0.3) is 11.8 Å². The van der Waals surface area contributed by atoms with E-state index >= 15 is 4.39 Å². The molecule has 282 valence electrons. The lowest BCUT2D eigenvalue weighted by Crippen LogP contribution is -2.51. The zero-order valence-corrected chi connectivity index (χ0v) is 29.5. The highest BCUT2D eigenvalue weighted by Crippen LogP contribution is 2.33. The Morgan fingerprint density at radius 3 is 2.21 bits per heavy atom. The van der Waals surface area contributed by atoms with E-state index < -0.39 is 64.6 Å². The van der Waals surface area contributed by atoms with Crippen molar-refractivity contribution in [3.63, 3.8) is 0 Å². The van der Waals surface area contributed by atoms with Gasteiger partial charge >= 0.3 is 18.4 Å². The number of hydrogen-bond donors (Lipinski definition) is 2. The van der Waals surface area contributed by atoms with E-state index in [1.807, 2.05) is 0 Å². The molecule has 3 amide bonds. The number of hydrogen-bond acceptors (Lipinski definition) is 10. The van der Waals surface area contributed by atoms with E-state index in [0.717, 1.165) is 24.3 Å². The molecule has 1 saturated heterocycles. The van der Waals surface area contributed by atoms with E-state index in [1.54, 1.807) is 41.5 Å². The summed E-state index contributed by atoms with van der Waals surface area (Å²) in [5, 5.41) is 8.47. The van der Waals surface area contributed by atoms with E-state index in [9.17, 15) is 32.3 Å². The molecule has 2 N–H and O–H groups in total. The summed E-state index contributed by atoms with van der Waals surface area (Å²) in [4.78, 5) is 56.9. The van der Waals surface area contributed by atoms with E-state index in [2.05, 4.69) is 20.7 Å². The second-order valence-corrected chi connectivity index (χ2v) is 13.8. The van der Waals surface area contributed by atoms with Crippen molar-refractivity contribution in [1.29, 1.82) is 0 Å². The third-order valence-electron chi connectivity index (χ3n) is 7.21. The minimum absolute atomic E-state index is 0.0259. The molecule has 3 heterocycles. The molecule has 1 unspecified atom stereocenters. The van der Waals surface area contributed by atoms with Crippen LogP contribution in [0.15, 0.2) is 54.7 Å². The van der Waals surface area contributed by atoms with Gasteiger partial charge in [-0.05, 0) is 77.9 Å². The van der Waals surface area contributed by atoms with Crippen LogP contribution >= 0.6 is 0 Å². The summed E-state index contributed by atoms with van der Waals surface area (Å²) in [6, 6.07) is 8.57. The van der Waals surface area contributed by atoms with Crippen LogP contribution in [0.1, 0.15) is 57.6 Å². The van der Waals surface area contributed by atoms with Crippen molar-refractivity contribution in [2.24, 2.45) is 0 Å². The molecule has 14 nitrogen and oxygen atoms in total. The number of ether oxygens (including phenoxy) is 4. The molecule has 0 spiro atoms. The van der Waals surface area contributed by atoms with E-state index in [-0.39, 0.29) is 53.6 Å². The summed E-state index contributed by atoms with van der Waals surface area (Å²) in [5.41, 5.74) is -3.89. The average Bonchev–Trinajstić information content (AvgIpc) is 3.44. The van der Waals surface area contributed by atoms with Gasteiger partial charge < -0.3 is 34.5 Å². The van der Waals surface area contributed by atoms with Crippen molar-refractivity contribution in [2.75, 3.05) is 30.3 Å². The smallest absolute Gasteiger partial charge is 0.435 e. The van der Waals surface area contributed by atoms with Crippen molar-refractivity contribution in [3.05, 3.63) is 71.8 Å². The highest BCUT2D eigenvalue weighted by atomic mass is 19.4. The summed E-state index contributed by atoms with van der Waals surface area (Å²) in [6.07, 6.45) is -6.06. The maximum atomic E-state index is 15.3. The molecular weight excluding hydrogens is 708 g/mol. The number of pyridine rings is 1. The van der Waals surface area contributed by atoms with E-state index in [1.165, 1.54) is 29.3 Å². The van der Waals surface area contributed by atoms with Gasteiger partial charge in [-0.15, -0.1) is 0 Å². The van der Waals surface area contributed by atoms with Crippen LogP contribution in [0, 0.1) is 5.82 Å². The number of amides is 3. The average molecular weight is 745 g/mol. The quantitative estimate of drug-likeness (QED) is 0.197.